The molecular weight excluding hydrogens is 424 g/mol. The number of rotatable bonds is 6. The molecule has 7 nitrogen and oxygen atoms in total. The fourth-order valence-corrected chi connectivity index (χ4v) is 4.97. The molecule has 2 aromatic carbocycles. The van der Waals surface area contributed by atoms with Crippen LogP contribution in [-0.2, 0) is 11.3 Å². The van der Waals surface area contributed by atoms with Gasteiger partial charge in [-0.05, 0) is 49.6 Å². The van der Waals surface area contributed by atoms with E-state index in [-0.39, 0.29) is 12.5 Å². The number of benzene rings is 2. The molecule has 0 radical (unpaired) electrons. The average Bonchev–Trinajstić information content (AvgIpc) is 3.46. The largest absolute Gasteiger partial charge is 0.485 e. The van der Waals surface area contributed by atoms with Crippen molar-refractivity contribution in [3.8, 4) is 11.5 Å². The van der Waals surface area contributed by atoms with E-state index in [0.717, 1.165) is 28.7 Å². The predicted octanol–water partition coefficient (Wildman–Crippen LogP) is 4.37. The maximum Gasteiger partial charge on any atom is 0.273 e. The first-order valence-corrected chi connectivity index (χ1v) is 11.4. The van der Waals surface area contributed by atoms with Crippen molar-refractivity contribution in [2.45, 2.75) is 32.9 Å². The van der Waals surface area contributed by atoms with Gasteiger partial charge in [-0.3, -0.25) is 9.69 Å². The maximum atomic E-state index is 13.6. The average molecular weight is 449 g/mol. The predicted molar refractivity (Wildman–Crippen MR) is 125 cm³/mol. The van der Waals surface area contributed by atoms with Gasteiger partial charge >= 0.3 is 0 Å². The number of hydrogen-bond acceptors (Lipinski definition) is 6. The van der Waals surface area contributed by atoms with Crippen molar-refractivity contribution in [3.05, 3.63) is 66.2 Å². The molecule has 5 rings (SSSR count). The molecule has 1 aliphatic rings. The van der Waals surface area contributed by atoms with Crippen molar-refractivity contribution in [1.82, 2.24) is 14.5 Å². The van der Waals surface area contributed by atoms with Crippen LogP contribution in [-0.4, -0.2) is 39.7 Å². The first-order valence-electron chi connectivity index (χ1n) is 10.6. The molecule has 0 bridgehead atoms. The Bertz CT molecular complexity index is 1250. The molecule has 3 heterocycles. The van der Waals surface area contributed by atoms with Crippen LogP contribution in [0.1, 0.15) is 17.5 Å². The quantitative estimate of drug-likeness (QED) is 0.438. The Morgan fingerprint density at radius 3 is 2.91 bits per heavy atom. The fourth-order valence-electron chi connectivity index (χ4n) is 3.93. The molecule has 1 amide bonds. The topological polar surface area (TPSA) is 69.5 Å². The number of carbonyl (C=O) groups excluding carboxylic acids is 1. The van der Waals surface area contributed by atoms with Gasteiger partial charge < -0.3 is 14.0 Å². The summed E-state index contributed by atoms with van der Waals surface area (Å²) in [6.45, 7) is 5.60. The van der Waals surface area contributed by atoms with E-state index in [0.29, 0.717) is 23.2 Å². The second kappa shape index (κ2) is 8.63. The summed E-state index contributed by atoms with van der Waals surface area (Å²) >= 11 is 1.55. The van der Waals surface area contributed by atoms with Crippen LogP contribution in [0.4, 0.5) is 5.13 Å². The molecule has 1 aliphatic heterocycles. The van der Waals surface area contributed by atoms with E-state index >= 15 is 0 Å². The Kier molecular flexibility index (Phi) is 5.53. The van der Waals surface area contributed by atoms with Crippen LogP contribution in [0, 0.1) is 13.8 Å². The SMILES string of the molecule is Cc1cc(C)c2sc(N(CCCn3ccnc3)C(=O)[C@@H]3COc4ccccc4O3)nc2c1. The highest BCUT2D eigenvalue weighted by Crippen LogP contribution is 2.35. The van der Waals surface area contributed by atoms with Gasteiger partial charge in [-0.1, -0.05) is 29.5 Å². The lowest BCUT2D eigenvalue weighted by Gasteiger charge is -2.29. The van der Waals surface area contributed by atoms with Crippen molar-refractivity contribution in [2.75, 3.05) is 18.1 Å². The van der Waals surface area contributed by atoms with Crippen LogP contribution < -0.4 is 14.4 Å². The van der Waals surface area contributed by atoms with Crippen LogP contribution in [0.2, 0.25) is 0 Å². The number of thiazole rings is 1. The highest BCUT2D eigenvalue weighted by molar-refractivity contribution is 7.22. The van der Waals surface area contributed by atoms with Gasteiger partial charge in [0.05, 0.1) is 16.5 Å². The number of para-hydroxylation sites is 2. The molecule has 0 aliphatic carbocycles. The van der Waals surface area contributed by atoms with Gasteiger partial charge in [0, 0.05) is 25.5 Å². The Morgan fingerprint density at radius 1 is 1.25 bits per heavy atom. The Hall–Kier alpha value is -3.39. The molecule has 32 heavy (non-hydrogen) atoms. The number of fused-ring (bicyclic) bond motifs is 2. The van der Waals surface area contributed by atoms with E-state index in [1.165, 1.54) is 5.56 Å². The molecule has 164 valence electrons. The van der Waals surface area contributed by atoms with Crippen LogP contribution in [0.15, 0.2) is 55.1 Å². The minimum atomic E-state index is -0.715. The summed E-state index contributed by atoms with van der Waals surface area (Å²) in [5.41, 5.74) is 3.24. The van der Waals surface area contributed by atoms with Crippen molar-refractivity contribution in [1.29, 1.82) is 0 Å². The number of ether oxygens (including phenoxy) is 2. The van der Waals surface area contributed by atoms with E-state index < -0.39 is 6.10 Å². The molecule has 0 spiro atoms. The molecule has 2 aromatic heterocycles. The first kappa shape index (κ1) is 20.5. The highest BCUT2D eigenvalue weighted by Gasteiger charge is 2.33. The van der Waals surface area contributed by atoms with Gasteiger partial charge in [0.25, 0.3) is 5.91 Å². The minimum absolute atomic E-state index is 0.140. The van der Waals surface area contributed by atoms with Gasteiger partial charge in [-0.15, -0.1) is 0 Å². The first-order chi connectivity index (χ1) is 15.6. The van der Waals surface area contributed by atoms with E-state index in [1.807, 2.05) is 35.0 Å². The van der Waals surface area contributed by atoms with E-state index in [9.17, 15) is 4.79 Å². The van der Waals surface area contributed by atoms with Gasteiger partial charge in [-0.2, -0.15) is 0 Å². The standard InChI is InChI=1S/C24H24N4O3S/c1-16-12-17(2)22-18(13-16)26-24(32-22)28(10-5-9-27-11-8-25-15-27)23(29)21-14-30-19-6-3-4-7-20(19)31-21/h3-4,6-8,11-13,15,21H,5,9-10,14H2,1-2H3/t21-/m0/s1. The zero-order chi connectivity index (χ0) is 22.1. The summed E-state index contributed by atoms with van der Waals surface area (Å²) in [6.07, 6.45) is 5.51. The summed E-state index contributed by atoms with van der Waals surface area (Å²) in [6, 6.07) is 11.6. The lowest BCUT2D eigenvalue weighted by atomic mass is 10.1. The number of nitrogens with zero attached hydrogens (tertiary/aromatic N) is 4. The number of aromatic nitrogens is 3. The second-order valence-electron chi connectivity index (χ2n) is 7.93. The molecule has 4 aromatic rings. The monoisotopic (exact) mass is 448 g/mol. The van der Waals surface area contributed by atoms with Crippen molar-refractivity contribution < 1.29 is 14.3 Å². The summed E-state index contributed by atoms with van der Waals surface area (Å²) in [7, 11) is 0. The third-order valence-electron chi connectivity index (χ3n) is 5.45. The lowest BCUT2D eigenvalue weighted by Crippen LogP contribution is -2.47. The van der Waals surface area contributed by atoms with Gasteiger partial charge in [0.15, 0.2) is 16.6 Å². The third-order valence-corrected chi connectivity index (χ3v) is 6.68. The molecule has 1 atom stereocenters. The summed E-state index contributed by atoms with van der Waals surface area (Å²) in [5.74, 6) is 1.11. The van der Waals surface area contributed by atoms with Crippen LogP contribution in [0.3, 0.4) is 0 Å². The molecule has 8 heteroatoms. The maximum absolute atomic E-state index is 13.6. The summed E-state index contributed by atoms with van der Waals surface area (Å²) < 4.78 is 14.9. The lowest BCUT2D eigenvalue weighted by molar-refractivity contribution is -0.127. The number of imidazole rings is 1. The van der Waals surface area contributed by atoms with Crippen molar-refractivity contribution >= 4 is 32.6 Å². The van der Waals surface area contributed by atoms with Crippen molar-refractivity contribution in [2.24, 2.45) is 0 Å². The zero-order valence-corrected chi connectivity index (χ0v) is 18.8. The second-order valence-corrected chi connectivity index (χ2v) is 8.91. The van der Waals surface area contributed by atoms with Crippen LogP contribution in [0.5, 0.6) is 11.5 Å². The molecular formula is C24H24N4O3S. The minimum Gasteiger partial charge on any atom is -0.485 e. The molecule has 0 saturated carbocycles. The highest BCUT2D eigenvalue weighted by atomic mass is 32.1. The van der Waals surface area contributed by atoms with Gasteiger partial charge in [0.2, 0.25) is 6.10 Å². The van der Waals surface area contributed by atoms with Crippen LogP contribution in [0.25, 0.3) is 10.2 Å². The van der Waals surface area contributed by atoms with E-state index in [4.69, 9.17) is 14.5 Å². The molecule has 0 fully saturated rings. The fraction of sp³-hybridized carbons (Fsp3) is 0.292. The number of hydrogen-bond donors (Lipinski definition) is 0. The van der Waals surface area contributed by atoms with Gasteiger partial charge in [0.1, 0.15) is 6.61 Å². The normalized spacial score (nSPS) is 15.1. The van der Waals surface area contributed by atoms with E-state index in [2.05, 4.69) is 31.0 Å². The molecule has 0 N–H and O–H groups in total. The smallest absolute Gasteiger partial charge is 0.273 e. The Morgan fingerprint density at radius 2 is 2.09 bits per heavy atom. The van der Waals surface area contributed by atoms with Crippen molar-refractivity contribution in [3.63, 3.8) is 0 Å². The zero-order valence-electron chi connectivity index (χ0n) is 18.0. The number of aryl methyl sites for hydroxylation is 3. The molecule has 0 unspecified atom stereocenters. The third kappa shape index (κ3) is 4.05. The Balaban J connectivity index is 1.42. The van der Waals surface area contributed by atoms with Gasteiger partial charge in [-0.25, -0.2) is 9.97 Å². The number of anilines is 1. The Labute approximate surface area is 190 Å². The summed E-state index contributed by atoms with van der Waals surface area (Å²) in [5, 5.41) is 0.687. The number of carbonyl (C=O) groups is 1. The van der Waals surface area contributed by atoms with E-state index in [1.54, 1.807) is 28.8 Å². The summed E-state index contributed by atoms with van der Waals surface area (Å²) in [4.78, 5) is 24.3. The molecule has 0 saturated heterocycles. The van der Waals surface area contributed by atoms with Crippen LogP contribution >= 0.6 is 11.3 Å². The number of amides is 1.